The Hall–Kier alpha value is -2.16. The number of halogens is 1. The molecule has 0 aliphatic carbocycles. The minimum absolute atomic E-state index is 0.216. The largest absolute Gasteiger partial charge is 0.470 e. The third kappa shape index (κ3) is 5.30. The lowest BCUT2D eigenvalue weighted by molar-refractivity contribution is 0.0772. The molecule has 1 heterocycles. The average molecular weight is 465 g/mol. The maximum absolute atomic E-state index is 11.4. The number of unbranched alkanes of at least 4 members (excludes halogenated alkanes) is 1. The van der Waals surface area contributed by atoms with Gasteiger partial charge < -0.3 is 20.3 Å². The molecule has 30 heavy (non-hydrogen) atoms. The molecule has 1 fully saturated rings. The molecule has 2 amide bonds. The van der Waals surface area contributed by atoms with Crippen LogP contribution in [0.25, 0.3) is 0 Å². The fraction of sp³-hybridized carbons (Fsp3) is 0.333. The van der Waals surface area contributed by atoms with Gasteiger partial charge in [0.05, 0.1) is 5.69 Å². The highest BCUT2D eigenvalue weighted by Crippen LogP contribution is 2.28. The van der Waals surface area contributed by atoms with E-state index in [0.29, 0.717) is 16.5 Å². The second-order valence-corrected chi connectivity index (χ2v) is 8.17. The number of thiocarbonyl (C=S) groups is 1. The third-order valence-electron chi connectivity index (χ3n) is 4.87. The number of nitrogens with zero attached hydrogens (tertiary/aromatic N) is 3. The Morgan fingerprint density at radius 3 is 2.70 bits per heavy atom. The van der Waals surface area contributed by atoms with Crippen molar-refractivity contribution in [2.45, 2.75) is 32.4 Å². The van der Waals surface area contributed by atoms with Crippen molar-refractivity contribution in [3.05, 3.63) is 53.6 Å². The number of carbonyl (C=O) groups is 1. The van der Waals surface area contributed by atoms with E-state index in [1.807, 2.05) is 30.3 Å². The fourth-order valence-electron chi connectivity index (χ4n) is 3.31. The summed E-state index contributed by atoms with van der Waals surface area (Å²) < 4.78 is 7.40. The van der Waals surface area contributed by atoms with Gasteiger partial charge >= 0.3 is 6.03 Å². The molecule has 3 rings (SSSR count). The molecule has 1 aliphatic heterocycles. The van der Waals surface area contributed by atoms with Crippen LogP contribution in [0, 0.1) is 0 Å². The van der Waals surface area contributed by atoms with Crippen molar-refractivity contribution in [2.75, 3.05) is 22.3 Å². The van der Waals surface area contributed by atoms with Crippen LogP contribution in [-0.2, 0) is 0 Å². The van der Waals surface area contributed by atoms with Crippen molar-refractivity contribution < 1.29 is 9.53 Å². The summed E-state index contributed by atoms with van der Waals surface area (Å²) in [6.07, 6.45) is 2.67. The summed E-state index contributed by atoms with van der Waals surface area (Å²) in [7, 11) is 0. The number of carbonyl (C=O) groups excluding carboxylic acids is 1. The zero-order valence-electron chi connectivity index (χ0n) is 16.7. The first kappa shape index (κ1) is 22.5. The minimum atomic E-state index is -0.655. The van der Waals surface area contributed by atoms with Gasteiger partial charge in [-0.05, 0) is 55.0 Å². The van der Waals surface area contributed by atoms with Crippen LogP contribution in [-0.4, -0.2) is 35.4 Å². The lowest BCUT2D eigenvalue weighted by atomic mass is 10.2. The van der Waals surface area contributed by atoms with E-state index in [-0.39, 0.29) is 6.23 Å². The Morgan fingerprint density at radius 2 is 2.03 bits per heavy atom. The highest BCUT2D eigenvalue weighted by atomic mass is 35.5. The molecule has 0 saturated carbocycles. The van der Waals surface area contributed by atoms with Crippen LogP contribution in [0.5, 0.6) is 5.75 Å². The molecule has 1 saturated heterocycles. The summed E-state index contributed by atoms with van der Waals surface area (Å²) in [6, 6.07) is 14.1. The molecule has 0 aromatic heterocycles. The Bertz CT molecular complexity index is 897. The second kappa shape index (κ2) is 10.2. The summed E-state index contributed by atoms with van der Waals surface area (Å²) in [5.74, 6) is 0.627. The number of ether oxygens (including phenoxy) is 1. The van der Waals surface area contributed by atoms with Gasteiger partial charge in [-0.2, -0.15) is 0 Å². The summed E-state index contributed by atoms with van der Waals surface area (Å²) >= 11 is 15.9. The molecule has 0 bridgehead atoms. The van der Waals surface area contributed by atoms with Crippen LogP contribution in [0.1, 0.15) is 26.2 Å². The smallest absolute Gasteiger partial charge is 0.329 e. The van der Waals surface area contributed by atoms with Gasteiger partial charge in [-0.15, -0.1) is 0 Å². The molecular weight excluding hydrogens is 440 g/mol. The molecule has 9 heteroatoms. The van der Waals surface area contributed by atoms with Gasteiger partial charge in [-0.3, -0.25) is 0 Å². The quantitative estimate of drug-likeness (QED) is 0.421. The standard InChI is InChI=1S/C21H25ClN4O2S2/c1-2-3-7-19(28-18-6-4-5-17(14-18)26(30)20(23)27)25-13-12-24(21(25)29)16-10-8-15(22)9-11-16/h4-6,8-11,14,19,30H,2-3,7,12-13H2,1H3,(H2,23,27). The SMILES string of the molecule is CCCCC(Oc1cccc(N(S)C(N)=O)c1)N1CCN(c2ccc(Cl)cc2)C1=S. The number of hydrogen-bond acceptors (Lipinski definition) is 4. The first-order chi connectivity index (χ1) is 14.4. The van der Waals surface area contributed by atoms with E-state index in [1.54, 1.807) is 18.2 Å². The molecular formula is C21H25ClN4O2S2. The van der Waals surface area contributed by atoms with Crippen molar-refractivity contribution in [2.24, 2.45) is 5.73 Å². The van der Waals surface area contributed by atoms with E-state index in [2.05, 4.69) is 29.5 Å². The summed E-state index contributed by atoms with van der Waals surface area (Å²) in [6.45, 7) is 3.68. The molecule has 1 atom stereocenters. The molecule has 1 aliphatic rings. The highest BCUT2D eigenvalue weighted by Gasteiger charge is 2.32. The Labute approximate surface area is 193 Å². The molecule has 1 unspecified atom stereocenters. The third-order valence-corrected chi connectivity index (χ3v) is 6.01. The monoisotopic (exact) mass is 464 g/mol. The molecule has 0 spiro atoms. The molecule has 2 aromatic rings. The van der Waals surface area contributed by atoms with Gasteiger partial charge in [0.1, 0.15) is 5.75 Å². The van der Waals surface area contributed by atoms with Crippen LogP contribution in [0.4, 0.5) is 16.2 Å². The van der Waals surface area contributed by atoms with Crippen molar-refractivity contribution in [1.29, 1.82) is 0 Å². The van der Waals surface area contributed by atoms with Crippen LogP contribution < -0.4 is 19.7 Å². The number of benzene rings is 2. The number of thiol groups is 1. The number of nitrogens with two attached hydrogens (primary N) is 1. The Morgan fingerprint density at radius 1 is 1.30 bits per heavy atom. The van der Waals surface area contributed by atoms with Gasteiger partial charge in [0.25, 0.3) is 0 Å². The van der Waals surface area contributed by atoms with Crippen molar-refractivity contribution in [3.63, 3.8) is 0 Å². The van der Waals surface area contributed by atoms with E-state index >= 15 is 0 Å². The fourth-order valence-corrected chi connectivity index (χ4v) is 3.97. The van der Waals surface area contributed by atoms with E-state index < -0.39 is 6.03 Å². The van der Waals surface area contributed by atoms with Crippen LogP contribution >= 0.6 is 36.6 Å². The van der Waals surface area contributed by atoms with Gasteiger partial charge in [0, 0.05) is 36.3 Å². The van der Waals surface area contributed by atoms with Crippen molar-refractivity contribution in [1.82, 2.24) is 4.90 Å². The highest BCUT2D eigenvalue weighted by molar-refractivity contribution is 7.82. The van der Waals surface area contributed by atoms with Crippen LogP contribution in [0.2, 0.25) is 5.02 Å². The molecule has 2 aromatic carbocycles. The first-order valence-corrected chi connectivity index (χ1v) is 11.0. The number of primary amides is 1. The second-order valence-electron chi connectivity index (χ2n) is 6.97. The summed E-state index contributed by atoms with van der Waals surface area (Å²) in [5.41, 5.74) is 6.87. The summed E-state index contributed by atoms with van der Waals surface area (Å²) in [5, 5.41) is 1.42. The van der Waals surface area contributed by atoms with Gasteiger partial charge in [-0.1, -0.05) is 43.8 Å². The van der Waals surface area contributed by atoms with E-state index in [4.69, 9.17) is 34.3 Å². The van der Waals surface area contributed by atoms with Crippen molar-refractivity contribution in [3.8, 4) is 5.75 Å². The number of urea groups is 1. The van der Waals surface area contributed by atoms with Gasteiger partial charge in [0.2, 0.25) is 0 Å². The van der Waals surface area contributed by atoms with Crippen LogP contribution in [0.3, 0.4) is 0 Å². The average Bonchev–Trinajstić information content (AvgIpc) is 3.12. The zero-order valence-corrected chi connectivity index (χ0v) is 19.2. The maximum Gasteiger partial charge on any atom is 0.329 e. The van der Waals surface area contributed by atoms with Crippen molar-refractivity contribution >= 4 is 59.2 Å². The molecule has 160 valence electrons. The number of hydrogen-bond donors (Lipinski definition) is 2. The number of rotatable bonds is 8. The van der Waals surface area contributed by atoms with Gasteiger partial charge in [-0.25, -0.2) is 9.10 Å². The topological polar surface area (TPSA) is 62.0 Å². The number of amides is 2. The first-order valence-electron chi connectivity index (χ1n) is 9.79. The van der Waals surface area contributed by atoms with E-state index in [1.165, 1.54) is 0 Å². The Kier molecular flexibility index (Phi) is 7.69. The molecule has 0 radical (unpaired) electrons. The predicted octanol–water partition coefficient (Wildman–Crippen LogP) is 5.07. The molecule has 2 N–H and O–H groups in total. The number of anilines is 2. The van der Waals surface area contributed by atoms with Crippen LogP contribution in [0.15, 0.2) is 48.5 Å². The minimum Gasteiger partial charge on any atom is -0.470 e. The van der Waals surface area contributed by atoms with Gasteiger partial charge in [0.15, 0.2) is 11.3 Å². The maximum atomic E-state index is 11.4. The van der Waals surface area contributed by atoms with E-state index in [0.717, 1.165) is 47.5 Å². The van der Waals surface area contributed by atoms with E-state index in [9.17, 15) is 4.79 Å². The zero-order chi connectivity index (χ0) is 21.7. The lowest BCUT2D eigenvalue weighted by Crippen LogP contribution is -2.42. The Balaban J connectivity index is 1.78. The summed E-state index contributed by atoms with van der Waals surface area (Å²) in [4.78, 5) is 15.6. The normalized spacial score (nSPS) is 14.7. The lowest BCUT2D eigenvalue weighted by Gasteiger charge is -2.31. The molecule has 6 nitrogen and oxygen atoms in total. The predicted molar refractivity (Wildman–Crippen MR) is 130 cm³/mol.